The van der Waals surface area contributed by atoms with Gasteiger partial charge < -0.3 is 15.4 Å². The topological polar surface area (TPSA) is 78.0 Å². The summed E-state index contributed by atoms with van der Waals surface area (Å²) in [6.07, 6.45) is 0.154. The first-order valence-electron chi connectivity index (χ1n) is 6.14. The third kappa shape index (κ3) is 2.46. The smallest absolute Gasteiger partial charge is 0.304 e. The lowest BCUT2D eigenvalue weighted by Crippen LogP contribution is -2.58. The number of carboxylic acid groups (broad SMARTS) is 1. The summed E-state index contributed by atoms with van der Waals surface area (Å²) in [5, 5.41) is 12.9. The minimum absolute atomic E-state index is 0.154. The molecule has 3 rings (SSSR count). The lowest BCUT2D eigenvalue weighted by atomic mass is 9.98. The van der Waals surface area contributed by atoms with E-state index < -0.39 is 5.97 Å². The zero-order valence-electron chi connectivity index (χ0n) is 10.6. The van der Waals surface area contributed by atoms with Gasteiger partial charge in [0.2, 0.25) is 0 Å². The molecule has 0 bridgehead atoms. The normalized spacial score (nSPS) is 17.3. The fourth-order valence-corrected chi connectivity index (χ4v) is 3.53. The van der Waals surface area contributed by atoms with Crippen LogP contribution in [0.1, 0.15) is 12.0 Å². The second-order valence-corrected chi connectivity index (χ2v) is 6.48. The molecular formula is C13H15N3O2S. The van der Waals surface area contributed by atoms with Gasteiger partial charge in [0, 0.05) is 13.1 Å². The summed E-state index contributed by atoms with van der Waals surface area (Å²) in [4.78, 5) is 18.7. The second-order valence-electron chi connectivity index (χ2n) is 5.02. The Morgan fingerprint density at radius 2 is 2.32 bits per heavy atom. The maximum atomic E-state index is 10.9. The van der Waals surface area contributed by atoms with E-state index in [1.54, 1.807) is 0 Å². The Bertz CT molecular complexity index is 634. The molecular weight excluding hydrogens is 262 g/mol. The lowest BCUT2D eigenvalue weighted by molar-refractivity contribution is -0.138. The van der Waals surface area contributed by atoms with Crippen LogP contribution in [0, 0.1) is 6.92 Å². The number of aliphatic carboxylic acids is 1. The maximum Gasteiger partial charge on any atom is 0.304 e. The monoisotopic (exact) mass is 277 g/mol. The number of benzene rings is 1. The van der Waals surface area contributed by atoms with E-state index in [1.165, 1.54) is 17.3 Å². The molecule has 5 nitrogen and oxygen atoms in total. The van der Waals surface area contributed by atoms with Gasteiger partial charge in [0.25, 0.3) is 0 Å². The Morgan fingerprint density at radius 3 is 2.95 bits per heavy atom. The van der Waals surface area contributed by atoms with Crippen molar-refractivity contribution >= 4 is 28.8 Å². The summed E-state index contributed by atoms with van der Waals surface area (Å²) in [7, 11) is 0. The van der Waals surface area contributed by atoms with Crippen molar-refractivity contribution in [3.05, 3.63) is 23.8 Å². The fraction of sp³-hybridized carbons (Fsp3) is 0.385. The number of aromatic nitrogens is 2. The summed E-state index contributed by atoms with van der Waals surface area (Å²) in [5.41, 5.74) is 3.10. The van der Waals surface area contributed by atoms with Crippen LogP contribution in [0.15, 0.2) is 23.4 Å². The van der Waals surface area contributed by atoms with Gasteiger partial charge in [-0.15, -0.1) is 0 Å². The van der Waals surface area contributed by atoms with Gasteiger partial charge in [-0.3, -0.25) is 4.79 Å². The van der Waals surface area contributed by atoms with Crippen LogP contribution in [-0.2, 0) is 4.79 Å². The fourth-order valence-electron chi connectivity index (χ4n) is 2.27. The maximum absolute atomic E-state index is 10.9. The zero-order valence-corrected chi connectivity index (χ0v) is 11.4. The Kier molecular flexibility index (Phi) is 2.99. The minimum atomic E-state index is -0.763. The molecule has 0 atom stereocenters. The Balaban J connectivity index is 1.86. The molecule has 6 heteroatoms. The van der Waals surface area contributed by atoms with E-state index in [-0.39, 0.29) is 11.2 Å². The standard InChI is InChI=1S/C13H15N3O2S/c1-8-2-3-9-10(4-8)16-12(15-9)19-13(5-11(17)18)6-14-7-13/h2-4,14H,5-7H2,1H3,(H,15,16)(H,17,18). The van der Waals surface area contributed by atoms with Gasteiger partial charge in [0.05, 0.1) is 22.2 Å². The number of imidazole rings is 1. The molecule has 100 valence electrons. The van der Waals surface area contributed by atoms with Crippen molar-refractivity contribution < 1.29 is 9.90 Å². The van der Waals surface area contributed by atoms with Gasteiger partial charge in [-0.25, -0.2) is 4.98 Å². The van der Waals surface area contributed by atoms with E-state index in [2.05, 4.69) is 21.4 Å². The van der Waals surface area contributed by atoms with Crippen LogP contribution in [0.25, 0.3) is 11.0 Å². The minimum Gasteiger partial charge on any atom is -0.481 e. The molecule has 0 aliphatic carbocycles. The van der Waals surface area contributed by atoms with Crippen molar-refractivity contribution in [2.24, 2.45) is 0 Å². The molecule has 1 fully saturated rings. The summed E-state index contributed by atoms with van der Waals surface area (Å²) in [5.74, 6) is -0.763. The molecule has 0 unspecified atom stereocenters. The molecule has 3 N–H and O–H groups in total. The van der Waals surface area contributed by atoms with Crippen LogP contribution < -0.4 is 5.32 Å². The largest absolute Gasteiger partial charge is 0.481 e. The van der Waals surface area contributed by atoms with Gasteiger partial charge in [-0.05, 0) is 24.6 Å². The number of nitrogens with zero attached hydrogens (tertiary/aromatic N) is 1. The number of nitrogens with one attached hydrogen (secondary N) is 2. The average Bonchev–Trinajstić information content (AvgIpc) is 2.66. The number of hydrogen-bond donors (Lipinski definition) is 3. The number of carboxylic acids is 1. The van der Waals surface area contributed by atoms with Crippen LogP contribution >= 0.6 is 11.8 Å². The predicted molar refractivity (Wildman–Crippen MR) is 74.5 cm³/mol. The summed E-state index contributed by atoms with van der Waals surface area (Å²) in [6.45, 7) is 3.45. The van der Waals surface area contributed by atoms with Crippen LogP contribution in [0.4, 0.5) is 0 Å². The van der Waals surface area contributed by atoms with E-state index in [9.17, 15) is 4.79 Å². The third-order valence-electron chi connectivity index (χ3n) is 3.30. The highest BCUT2D eigenvalue weighted by molar-refractivity contribution is 8.00. The number of fused-ring (bicyclic) bond motifs is 1. The highest BCUT2D eigenvalue weighted by Crippen LogP contribution is 2.38. The van der Waals surface area contributed by atoms with Crippen LogP contribution in [0.2, 0.25) is 0 Å². The van der Waals surface area contributed by atoms with E-state index in [0.717, 1.165) is 16.2 Å². The Labute approximate surface area is 114 Å². The van der Waals surface area contributed by atoms with E-state index in [1.807, 2.05) is 19.1 Å². The van der Waals surface area contributed by atoms with Gasteiger partial charge >= 0.3 is 5.97 Å². The first-order chi connectivity index (χ1) is 9.06. The number of H-pyrrole nitrogens is 1. The summed E-state index contributed by atoms with van der Waals surface area (Å²) >= 11 is 1.53. The van der Waals surface area contributed by atoms with E-state index in [4.69, 9.17) is 5.11 Å². The Morgan fingerprint density at radius 1 is 1.53 bits per heavy atom. The van der Waals surface area contributed by atoms with Crippen molar-refractivity contribution in [3.63, 3.8) is 0 Å². The third-order valence-corrected chi connectivity index (χ3v) is 4.55. The second kappa shape index (κ2) is 4.54. The quantitative estimate of drug-likeness (QED) is 0.794. The molecule has 0 amide bonds. The number of thioether (sulfide) groups is 1. The number of hydrogen-bond acceptors (Lipinski definition) is 4. The number of carbonyl (C=O) groups is 1. The van der Waals surface area contributed by atoms with E-state index >= 15 is 0 Å². The highest BCUT2D eigenvalue weighted by Gasteiger charge is 2.41. The zero-order chi connectivity index (χ0) is 13.5. The number of aromatic amines is 1. The van der Waals surface area contributed by atoms with E-state index in [0.29, 0.717) is 13.1 Å². The molecule has 1 aliphatic heterocycles. The van der Waals surface area contributed by atoms with Crippen molar-refractivity contribution in [1.29, 1.82) is 0 Å². The number of rotatable bonds is 4. The van der Waals surface area contributed by atoms with Gasteiger partial charge in [-0.2, -0.15) is 0 Å². The average molecular weight is 277 g/mol. The molecule has 1 aromatic carbocycles. The van der Waals surface area contributed by atoms with Crippen molar-refractivity contribution in [2.75, 3.05) is 13.1 Å². The van der Waals surface area contributed by atoms with Gasteiger partial charge in [0.15, 0.2) is 5.16 Å². The summed E-state index contributed by atoms with van der Waals surface area (Å²) in [6, 6.07) is 6.05. The first kappa shape index (κ1) is 12.5. The predicted octanol–water partition coefficient (Wildman–Crippen LogP) is 1.78. The van der Waals surface area contributed by atoms with Gasteiger partial charge in [0.1, 0.15) is 0 Å². The van der Waals surface area contributed by atoms with Crippen molar-refractivity contribution in [3.8, 4) is 0 Å². The molecule has 1 aliphatic rings. The summed E-state index contributed by atoms with van der Waals surface area (Å²) < 4.78 is -0.269. The van der Waals surface area contributed by atoms with Gasteiger partial charge in [-0.1, -0.05) is 17.8 Å². The molecule has 0 radical (unpaired) electrons. The molecule has 0 saturated carbocycles. The molecule has 1 saturated heterocycles. The van der Waals surface area contributed by atoms with Crippen LogP contribution in [0.5, 0.6) is 0 Å². The van der Waals surface area contributed by atoms with Crippen molar-refractivity contribution in [2.45, 2.75) is 23.2 Å². The molecule has 1 aromatic heterocycles. The van der Waals surface area contributed by atoms with Crippen molar-refractivity contribution in [1.82, 2.24) is 15.3 Å². The molecule has 19 heavy (non-hydrogen) atoms. The molecule has 2 heterocycles. The number of aryl methyl sites for hydroxylation is 1. The lowest BCUT2D eigenvalue weighted by Gasteiger charge is -2.40. The molecule has 0 spiro atoms. The first-order valence-corrected chi connectivity index (χ1v) is 6.96. The SMILES string of the molecule is Cc1ccc2nc(SC3(CC(=O)O)CNC3)[nH]c2c1. The molecule has 2 aromatic rings. The highest BCUT2D eigenvalue weighted by atomic mass is 32.2. The van der Waals surface area contributed by atoms with Crippen LogP contribution in [-0.4, -0.2) is 38.9 Å². The van der Waals surface area contributed by atoms with Crippen LogP contribution in [0.3, 0.4) is 0 Å². The Hall–Kier alpha value is -1.53.